The summed E-state index contributed by atoms with van der Waals surface area (Å²) < 4.78 is 0. The Hall–Kier alpha value is -2.44. The summed E-state index contributed by atoms with van der Waals surface area (Å²) in [4.78, 5) is 12.1. The molecule has 0 saturated carbocycles. The van der Waals surface area contributed by atoms with Crippen LogP contribution in [-0.2, 0) is 18.3 Å². The lowest BCUT2D eigenvalue weighted by Crippen LogP contribution is -2.41. The maximum atomic E-state index is 12.1. The number of fused-ring (bicyclic) bond motifs is 1. The Balaban J connectivity index is 1.56. The molecule has 0 saturated heterocycles. The molecule has 7 nitrogen and oxygen atoms in total. The number of hydrogen-bond donors (Lipinski definition) is 3. The third kappa shape index (κ3) is 3.67. The van der Waals surface area contributed by atoms with Crippen LogP contribution >= 0.6 is 0 Å². The van der Waals surface area contributed by atoms with Crippen molar-refractivity contribution in [1.29, 1.82) is 0 Å². The second kappa shape index (κ2) is 5.98. The smallest absolute Gasteiger partial charge is 0.320 e. The van der Waals surface area contributed by atoms with Gasteiger partial charge in [-0.25, -0.2) is 4.79 Å². The average Bonchev–Trinajstić information content (AvgIpc) is 2.94. The van der Waals surface area contributed by atoms with Crippen molar-refractivity contribution in [3.8, 4) is 0 Å². The van der Waals surface area contributed by atoms with Crippen molar-refractivity contribution in [3.05, 3.63) is 35.3 Å². The molecule has 0 aromatic carbocycles. The van der Waals surface area contributed by atoms with E-state index >= 15 is 0 Å². The number of aromatic nitrogens is 4. The van der Waals surface area contributed by atoms with E-state index in [0.29, 0.717) is 5.82 Å². The summed E-state index contributed by atoms with van der Waals surface area (Å²) in [5.74, 6) is 0.454. The molecular weight excluding hydrogens is 292 g/mol. The molecule has 1 aliphatic rings. The maximum Gasteiger partial charge on any atom is 0.320 e. The fourth-order valence-electron chi connectivity index (χ4n) is 2.68. The number of carbonyl (C=O) groups excluding carboxylic acids is 1. The van der Waals surface area contributed by atoms with E-state index in [0.717, 1.165) is 25.0 Å². The highest BCUT2D eigenvalue weighted by Crippen LogP contribution is 2.20. The zero-order valence-electron chi connectivity index (χ0n) is 13.7. The number of nitrogens with zero attached hydrogens (tertiary/aromatic N) is 3. The normalized spacial score (nSPS) is 17.4. The predicted molar refractivity (Wildman–Crippen MR) is 87.3 cm³/mol. The van der Waals surface area contributed by atoms with E-state index in [4.69, 9.17) is 0 Å². The number of aromatic amines is 1. The first-order valence-corrected chi connectivity index (χ1v) is 7.84. The largest absolute Gasteiger partial charge is 0.335 e. The van der Waals surface area contributed by atoms with E-state index < -0.39 is 0 Å². The van der Waals surface area contributed by atoms with Gasteiger partial charge in [0, 0.05) is 17.2 Å². The fraction of sp³-hybridized carbons (Fsp3) is 0.500. The third-order valence-electron chi connectivity index (χ3n) is 4.03. The van der Waals surface area contributed by atoms with Gasteiger partial charge < -0.3 is 5.32 Å². The summed E-state index contributed by atoms with van der Waals surface area (Å²) in [7, 11) is 0. The monoisotopic (exact) mass is 314 g/mol. The minimum Gasteiger partial charge on any atom is -0.335 e. The third-order valence-corrected chi connectivity index (χ3v) is 4.03. The highest BCUT2D eigenvalue weighted by molar-refractivity contribution is 5.88. The van der Waals surface area contributed by atoms with Gasteiger partial charge in [-0.2, -0.15) is 10.2 Å². The Labute approximate surface area is 135 Å². The first-order chi connectivity index (χ1) is 10.9. The van der Waals surface area contributed by atoms with E-state index in [1.54, 1.807) is 6.07 Å². The summed E-state index contributed by atoms with van der Waals surface area (Å²) in [6.45, 7) is 6.22. The number of aryl methyl sites for hydroxylation is 1. The van der Waals surface area contributed by atoms with E-state index in [-0.39, 0.29) is 17.5 Å². The maximum absolute atomic E-state index is 12.1. The molecule has 2 aromatic rings. The Morgan fingerprint density at radius 2 is 2.13 bits per heavy atom. The SMILES string of the molecule is CC(C)(C)c1ccc(NC(=O)N[C@H]2CCc3[nH]ncc3C2)nn1. The van der Waals surface area contributed by atoms with Crippen molar-refractivity contribution in [1.82, 2.24) is 25.7 Å². The van der Waals surface area contributed by atoms with Crippen molar-refractivity contribution in [3.63, 3.8) is 0 Å². The lowest BCUT2D eigenvalue weighted by molar-refractivity contribution is 0.247. The van der Waals surface area contributed by atoms with Crippen LogP contribution in [0.15, 0.2) is 18.3 Å². The van der Waals surface area contributed by atoms with E-state index in [1.807, 2.05) is 12.3 Å². The van der Waals surface area contributed by atoms with Gasteiger partial charge in [-0.3, -0.25) is 10.4 Å². The molecule has 0 bridgehead atoms. The number of rotatable bonds is 2. The molecule has 3 rings (SSSR count). The molecule has 0 radical (unpaired) electrons. The molecule has 0 aliphatic heterocycles. The number of nitrogens with one attached hydrogen (secondary N) is 3. The highest BCUT2D eigenvalue weighted by atomic mass is 16.2. The van der Waals surface area contributed by atoms with E-state index in [1.165, 1.54) is 11.3 Å². The van der Waals surface area contributed by atoms with Crippen LogP contribution in [0, 0.1) is 0 Å². The van der Waals surface area contributed by atoms with Crippen LogP contribution in [0.5, 0.6) is 0 Å². The molecule has 0 unspecified atom stereocenters. The van der Waals surface area contributed by atoms with Crippen LogP contribution in [0.25, 0.3) is 0 Å². The fourth-order valence-corrected chi connectivity index (χ4v) is 2.68. The van der Waals surface area contributed by atoms with Gasteiger partial charge in [0.1, 0.15) is 0 Å². The van der Waals surface area contributed by atoms with Crippen LogP contribution in [0.3, 0.4) is 0 Å². The second-order valence-electron chi connectivity index (χ2n) is 6.97. The van der Waals surface area contributed by atoms with Gasteiger partial charge in [0.05, 0.1) is 11.9 Å². The minimum atomic E-state index is -0.250. The Kier molecular flexibility index (Phi) is 4.02. The van der Waals surface area contributed by atoms with Crippen LogP contribution < -0.4 is 10.6 Å². The quantitative estimate of drug-likeness (QED) is 0.791. The molecule has 7 heteroatoms. The van der Waals surface area contributed by atoms with Crippen molar-refractivity contribution in [2.75, 3.05) is 5.32 Å². The molecule has 122 valence electrons. The number of hydrogen-bond acceptors (Lipinski definition) is 4. The number of H-pyrrole nitrogens is 1. The molecule has 1 atom stereocenters. The van der Waals surface area contributed by atoms with Crippen molar-refractivity contribution in [2.45, 2.75) is 51.5 Å². The van der Waals surface area contributed by atoms with E-state index in [2.05, 4.69) is 51.8 Å². The molecule has 3 N–H and O–H groups in total. The van der Waals surface area contributed by atoms with Crippen molar-refractivity contribution >= 4 is 11.8 Å². The molecule has 0 spiro atoms. The standard InChI is InChI=1S/C16H22N6O/c1-16(2,3)13-6-7-14(22-21-13)19-15(23)18-11-4-5-12-10(8-11)9-17-20-12/h6-7,9,11H,4-5,8H2,1-3H3,(H,17,20)(H2,18,19,22,23)/t11-/m0/s1. The van der Waals surface area contributed by atoms with Gasteiger partial charge in [0.15, 0.2) is 5.82 Å². The summed E-state index contributed by atoms with van der Waals surface area (Å²) in [5.41, 5.74) is 3.18. The summed E-state index contributed by atoms with van der Waals surface area (Å²) >= 11 is 0. The molecule has 2 heterocycles. The Bertz CT molecular complexity index is 685. The van der Waals surface area contributed by atoms with Gasteiger partial charge >= 0.3 is 6.03 Å². The zero-order chi connectivity index (χ0) is 16.4. The number of carbonyl (C=O) groups is 1. The van der Waals surface area contributed by atoms with Gasteiger partial charge in [0.25, 0.3) is 0 Å². The zero-order valence-corrected chi connectivity index (χ0v) is 13.7. The summed E-state index contributed by atoms with van der Waals surface area (Å²) in [5, 5.41) is 21.0. The lowest BCUT2D eigenvalue weighted by Gasteiger charge is -2.22. The molecule has 2 amide bonds. The number of urea groups is 1. The molecule has 1 aliphatic carbocycles. The van der Waals surface area contributed by atoms with Crippen molar-refractivity contribution in [2.24, 2.45) is 0 Å². The van der Waals surface area contributed by atoms with Crippen LogP contribution in [0.2, 0.25) is 0 Å². The lowest BCUT2D eigenvalue weighted by atomic mass is 9.92. The Morgan fingerprint density at radius 3 is 2.83 bits per heavy atom. The molecule has 23 heavy (non-hydrogen) atoms. The summed E-state index contributed by atoms with van der Waals surface area (Å²) in [6, 6.07) is 3.53. The second-order valence-corrected chi connectivity index (χ2v) is 6.97. The minimum absolute atomic E-state index is 0.0574. The van der Waals surface area contributed by atoms with Crippen LogP contribution in [-0.4, -0.2) is 32.5 Å². The van der Waals surface area contributed by atoms with Crippen LogP contribution in [0.4, 0.5) is 10.6 Å². The predicted octanol–water partition coefficient (Wildman–Crippen LogP) is 2.18. The van der Waals surface area contributed by atoms with E-state index in [9.17, 15) is 4.79 Å². The molecular formula is C16H22N6O. The molecule has 2 aromatic heterocycles. The van der Waals surface area contributed by atoms with Gasteiger partial charge in [0.2, 0.25) is 0 Å². The topological polar surface area (TPSA) is 95.6 Å². The van der Waals surface area contributed by atoms with Gasteiger partial charge in [-0.15, -0.1) is 5.10 Å². The number of amides is 2. The average molecular weight is 314 g/mol. The first-order valence-electron chi connectivity index (χ1n) is 7.84. The van der Waals surface area contributed by atoms with Gasteiger partial charge in [-0.05, 0) is 37.0 Å². The molecule has 0 fully saturated rings. The first kappa shape index (κ1) is 15.5. The Morgan fingerprint density at radius 1 is 1.30 bits per heavy atom. The van der Waals surface area contributed by atoms with Crippen LogP contribution in [0.1, 0.15) is 44.1 Å². The van der Waals surface area contributed by atoms with Crippen molar-refractivity contribution < 1.29 is 4.79 Å². The summed E-state index contributed by atoms with van der Waals surface area (Å²) in [6.07, 6.45) is 4.43. The number of anilines is 1. The van der Waals surface area contributed by atoms with Gasteiger partial charge in [-0.1, -0.05) is 20.8 Å². The highest BCUT2D eigenvalue weighted by Gasteiger charge is 2.22.